The molecule has 1 heterocycles. The van der Waals surface area contributed by atoms with Crippen LogP contribution in [-0.4, -0.2) is 12.6 Å². The molecule has 0 aromatic heterocycles. The minimum absolute atomic E-state index is 0.0288. The van der Waals surface area contributed by atoms with Gasteiger partial charge < -0.3 is 4.74 Å². The molecule has 1 aliphatic carbocycles. The van der Waals surface area contributed by atoms with Crippen LogP contribution >= 0.6 is 0 Å². The molecular weight excluding hydrogens is 176 g/mol. The normalized spacial score (nSPS) is 36.7. The summed E-state index contributed by atoms with van der Waals surface area (Å²) in [6.07, 6.45) is 3.33. The summed E-state index contributed by atoms with van der Waals surface area (Å²) in [6, 6.07) is 0. The first-order valence-electron chi connectivity index (χ1n) is 5.44. The van der Waals surface area contributed by atoms with Crippen LogP contribution in [0.1, 0.15) is 27.2 Å². The van der Waals surface area contributed by atoms with Crippen LogP contribution in [0, 0.1) is 23.7 Å². The standard InChI is InChI=1S/C12H18O2/c1-7(2)9-5-4-8(3)10-6-14-12(13)11(9)10/h4,7,9-11H,5-6H2,1-3H3/t9-,10+,11-/m1/s1. The maximum absolute atomic E-state index is 11.6. The van der Waals surface area contributed by atoms with E-state index >= 15 is 0 Å². The van der Waals surface area contributed by atoms with Gasteiger partial charge in [0, 0.05) is 5.92 Å². The topological polar surface area (TPSA) is 26.3 Å². The molecule has 0 saturated carbocycles. The van der Waals surface area contributed by atoms with Gasteiger partial charge in [-0.15, -0.1) is 0 Å². The fraction of sp³-hybridized carbons (Fsp3) is 0.750. The predicted octanol–water partition coefficient (Wildman–Crippen LogP) is 2.40. The lowest BCUT2D eigenvalue weighted by atomic mass is 9.69. The number of carbonyl (C=O) groups excluding carboxylic acids is 1. The summed E-state index contributed by atoms with van der Waals surface area (Å²) < 4.78 is 5.17. The Hall–Kier alpha value is -0.790. The van der Waals surface area contributed by atoms with E-state index in [9.17, 15) is 4.79 Å². The summed E-state index contributed by atoms with van der Waals surface area (Å²) in [5.74, 6) is 1.58. The number of carbonyl (C=O) groups is 1. The molecule has 14 heavy (non-hydrogen) atoms. The van der Waals surface area contributed by atoms with E-state index in [0.717, 1.165) is 6.42 Å². The van der Waals surface area contributed by atoms with E-state index in [2.05, 4.69) is 26.8 Å². The van der Waals surface area contributed by atoms with E-state index in [1.807, 2.05) is 0 Å². The lowest BCUT2D eigenvalue weighted by molar-refractivity contribution is -0.143. The Morgan fingerprint density at radius 2 is 2.21 bits per heavy atom. The Balaban J connectivity index is 2.28. The minimum Gasteiger partial charge on any atom is -0.465 e. The average Bonchev–Trinajstić information content (AvgIpc) is 2.50. The maximum atomic E-state index is 11.6. The Morgan fingerprint density at radius 1 is 1.50 bits per heavy atom. The van der Waals surface area contributed by atoms with Crippen molar-refractivity contribution in [2.75, 3.05) is 6.61 Å². The summed E-state index contributed by atoms with van der Waals surface area (Å²) in [5.41, 5.74) is 1.35. The summed E-state index contributed by atoms with van der Waals surface area (Å²) in [4.78, 5) is 11.6. The Morgan fingerprint density at radius 3 is 2.86 bits per heavy atom. The van der Waals surface area contributed by atoms with Crippen LogP contribution in [0.4, 0.5) is 0 Å². The van der Waals surface area contributed by atoms with Crippen molar-refractivity contribution in [2.24, 2.45) is 23.7 Å². The summed E-state index contributed by atoms with van der Waals surface area (Å²) >= 11 is 0. The first-order chi connectivity index (χ1) is 6.61. The van der Waals surface area contributed by atoms with E-state index in [1.165, 1.54) is 5.57 Å². The molecular formula is C12H18O2. The molecule has 3 atom stereocenters. The molecule has 1 fully saturated rings. The molecule has 0 N–H and O–H groups in total. The first kappa shape index (κ1) is 9.75. The molecule has 0 aromatic carbocycles. The third-order valence-corrected chi connectivity index (χ3v) is 3.73. The van der Waals surface area contributed by atoms with Gasteiger partial charge in [-0.3, -0.25) is 4.79 Å². The SMILES string of the molecule is CC1=CC[C@H](C(C)C)[C@H]2C(=O)OC[C@@H]12. The molecule has 2 nitrogen and oxygen atoms in total. The number of hydrogen-bond acceptors (Lipinski definition) is 2. The van der Waals surface area contributed by atoms with Gasteiger partial charge in [-0.05, 0) is 25.2 Å². The highest BCUT2D eigenvalue weighted by molar-refractivity contribution is 5.76. The van der Waals surface area contributed by atoms with Crippen molar-refractivity contribution < 1.29 is 9.53 Å². The van der Waals surface area contributed by atoms with E-state index < -0.39 is 0 Å². The quantitative estimate of drug-likeness (QED) is 0.473. The summed E-state index contributed by atoms with van der Waals surface area (Å²) in [7, 11) is 0. The number of hydrogen-bond donors (Lipinski definition) is 0. The lowest BCUT2D eigenvalue weighted by Crippen LogP contribution is -2.32. The number of ether oxygens (including phenoxy) is 1. The average molecular weight is 194 g/mol. The fourth-order valence-electron chi connectivity index (χ4n) is 2.73. The van der Waals surface area contributed by atoms with Crippen LogP contribution < -0.4 is 0 Å². The number of esters is 1. The van der Waals surface area contributed by atoms with Gasteiger partial charge in [0.1, 0.15) is 0 Å². The molecule has 2 rings (SSSR count). The van der Waals surface area contributed by atoms with Crippen molar-refractivity contribution in [3.8, 4) is 0 Å². The largest absolute Gasteiger partial charge is 0.465 e. The summed E-state index contributed by atoms with van der Waals surface area (Å²) in [5, 5.41) is 0. The van der Waals surface area contributed by atoms with Crippen LogP contribution in [-0.2, 0) is 9.53 Å². The fourth-order valence-corrected chi connectivity index (χ4v) is 2.73. The first-order valence-corrected chi connectivity index (χ1v) is 5.44. The lowest BCUT2D eigenvalue weighted by Gasteiger charge is -2.32. The number of rotatable bonds is 1. The van der Waals surface area contributed by atoms with E-state index in [-0.39, 0.29) is 11.9 Å². The highest BCUT2D eigenvalue weighted by Crippen LogP contribution is 2.42. The van der Waals surface area contributed by atoms with Crippen molar-refractivity contribution in [1.29, 1.82) is 0 Å². The van der Waals surface area contributed by atoms with Gasteiger partial charge in [-0.1, -0.05) is 25.5 Å². The number of fused-ring (bicyclic) bond motifs is 1. The molecule has 2 aliphatic rings. The monoisotopic (exact) mass is 194 g/mol. The second-order valence-corrected chi connectivity index (χ2v) is 4.85. The van der Waals surface area contributed by atoms with Crippen molar-refractivity contribution in [2.45, 2.75) is 27.2 Å². The Bertz CT molecular complexity index is 278. The number of allylic oxidation sites excluding steroid dienone is 1. The second kappa shape index (κ2) is 3.41. The van der Waals surface area contributed by atoms with Crippen LogP contribution in [0.2, 0.25) is 0 Å². The van der Waals surface area contributed by atoms with Crippen molar-refractivity contribution in [3.05, 3.63) is 11.6 Å². The zero-order valence-corrected chi connectivity index (χ0v) is 9.12. The minimum atomic E-state index is 0.0288. The predicted molar refractivity (Wildman–Crippen MR) is 54.6 cm³/mol. The van der Waals surface area contributed by atoms with Gasteiger partial charge in [0.25, 0.3) is 0 Å². The van der Waals surface area contributed by atoms with Gasteiger partial charge in [-0.25, -0.2) is 0 Å². The van der Waals surface area contributed by atoms with Gasteiger partial charge in [-0.2, -0.15) is 0 Å². The van der Waals surface area contributed by atoms with Crippen molar-refractivity contribution in [1.82, 2.24) is 0 Å². The molecule has 0 aromatic rings. The molecule has 1 saturated heterocycles. The molecule has 0 bridgehead atoms. The second-order valence-electron chi connectivity index (χ2n) is 4.85. The van der Waals surface area contributed by atoms with E-state index in [0.29, 0.717) is 24.4 Å². The highest BCUT2D eigenvalue weighted by Gasteiger charge is 2.45. The van der Waals surface area contributed by atoms with Gasteiger partial charge in [0.15, 0.2) is 0 Å². The van der Waals surface area contributed by atoms with Crippen LogP contribution in [0.3, 0.4) is 0 Å². The zero-order chi connectivity index (χ0) is 10.3. The van der Waals surface area contributed by atoms with Gasteiger partial charge >= 0.3 is 5.97 Å². The van der Waals surface area contributed by atoms with Gasteiger partial charge in [0.05, 0.1) is 12.5 Å². The van der Waals surface area contributed by atoms with Gasteiger partial charge in [0.2, 0.25) is 0 Å². The summed E-state index contributed by atoms with van der Waals surface area (Å²) in [6.45, 7) is 7.12. The molecule has 0 radical (unpaired) electrons. The molecule has 2 heteroatoms. The molecule has 1 aliphatic heterocycles. The van der Waals surface area contributed by atoms with E-state index in [4.69, 9.17) is 4.74 Å². The highest BCUT2D eigenvalue weighted by atomic mass is 16.5. The number of cyclic esters (lactones) is 1. The zero-order valence-electron chi connectivity index (χ0n) is 9.12. The van der Waals surface area contributed by atoms with Crippen LogP contribution in [0.15, 0.2) is 11.6 Å². The third kappa shape index (κ3) is 1.37. The molecule has 0 unspecified atom stereocenters. The maximum Gasteiger partial charge on any atom is 0.309 e. The van der Waals surface area contributed by atoms with Crippen LogP contribution in [0.25, 0.3) is 0 Å². The smallest absolute Gasteiger partial charge is 0.309 e. The third-order valence-electron chi connectivity index (χ3n) is 3.73. The van der Waals surface area contributed by atoms with Crippen molar-refractivity contribution in [3.63, 3.8) is 0 Å². The molecule has 0 amide bonds. The Kier molecular flexibility index (Phi) is 2.38. The molecule has 0 spiro atoms. The molecule has 78 valence electrons. The van der Waals surface area contributed by atoms with E-state index in [1.54, 1.807) is 0 Å². The Labute approximate surface area is 85.3 Å². The van der Waals surface area contributed by atoms with Crippen molar-refractivity contribution >= 4 is 5.97 Å². The van der Waals surface area contributed by atoms with Crippen LogP contribution in [0.5, 0.6) is 0 Å².